The van der Waals surface area contributed by atoms with Gasteiger partial charge in [-0.1, -0.05) is 17.7 Å². The second-order valence-electron chi connectivity index (χ2n) is 4.36. The zero-order valence-electron chi connectivity index (χ0n) is 12.1. The number of nitrogens with two attached hydrogens (primary N) is 1. The van der Waals surface area contributed by atoms with Crippen molar-refractivity contribution in [1.29, 1.82) is 0 Å². The predicted octanol–water partition coefficient (Wildman–Crippen LogP) is 0.945. The van der Waals surface area contributed by atoms with E-state index in [4.69, 9.17) is 17.3 Å². The minimum absolute atomic E-state index is 0.0614. The minimum Gasteiger partial charge on any atom is -0.342 e. The van der Waals surface area contributed by atoms with Crippen molar-refractivity contribution >= 4 is 27.5 Å². The monoisotopic (exact) mass is 333 g/mol. The van der Waals surface area contributed by atoms with Gasteiger partial charge in [0.15, 0.2) is 0 Å². The van der Waals surface area contributed by atoms with E-state index in [2.05, 4.69) is 4.72 Å². The van der Waals surface area contributed by atoms with Gasteiger partial charge >= 0.3 is 0 Å². The lowest BCUT2D eigenvalue weighted by atomic mass is 10.2. The van der Waals surface area contributed by atoms with E-state index in [1.54, 1.807) is 11.0 Å². The van der Waals surface area contributed by atoms with E-state index < -0.39 is 10.0 Å². The van der Waals surface area contributed by atoms with Crippen molar-refractivity contribution in [3.8, 4) is 0 Å². The van der Waals surface area contributed by atoms with Gasteiger partial charge in [-0.3, -0.25) is 4.79 Å². The molecule has 1 aromatic rings. The highest BCUT2D eigenvalue weighted by molar-refractivity contribution is 7.89. The molecule has 0 atom stereocenters. The average molecular weight is 334 g/mol. The summed E-state index contributed by atoms with van der Waals surface area (Å²) in [6, 6.07) is 4.48. The number of amides is 1. The van der Waals surface area contributed by atoms with Crippen molar-refractivity contribution in [3.63, 3.8) is 0 Å². The predicted molar refractivity (Wildman–Crippen MR) is 82.5 cm³/mol. The molecule has 0 bridgehead atoms. The van der Waals surface area contributed by atoms with Crippen LogP contribution in [0.3, 0.4) is 0 Å². The number of hydrogen-bond donors (Lipinski definition) is 2. The van der Waals surface area contributed by atoms with E-state index in [9.17, 15) is 13.2 Å². The smallest absolute Gasteiger partial charge is 0.242 e. The summed E-state index contributed by atoms with van der Waals surface area (Å²) in [6.45, 7) is 4.70. The van der Waals surface area contributed by atoms with Crippen LogP contribution in [0, 0.1) is 0 Å². The third kappa shape index (κ3) is 4.67. The van der Waals surface area contributed by atoms with Crippen molar-refractivity contribution in [3.05, 3.63) is 28.8 Å². The van der Waals surface area contributed by atoms with Crippen LogP contribution < -0.4 is 10.5 Å². The molecule has 0 radical (unpaired) electrons. The first-order chi connectivity index (χ1) is 9.85. The van der Waals surface area contributed by atoms with Gasteiger partial charge < -0.3 is 10.6 Å². The van der Waals surface area contributed by atoms with Crippen molar-refractivity contribution in [2.45, 2.75) is 25.3 Å². The Balaban J connectivity index is 2.85. The van der Waals surface area contributed by atoms with Crippen LogP contribution in [0.1, 0.15) is 19.4 Å². The molecular weight excluding hydrogens is 314 g/mol. The van der Waals surface area contributed by atoms with E-state index in [1.807, 2.05) is 13.8 Å². The number of nitrogens with one attached hydrogen (secondary N) is 1. The van der Waals surface area contributed by atoms with E-state index in [-0.39, 0.29) is 28.9 Å². The van der Waals surface area contributed by atoms with Gasteiger partial charge in [0.25, 0.3) is 0 Å². The molecule has 21 heavy (non-hydrogen) atoms. The van der Waals surface area contributed by atoms with Crippen molar-refractivity contribution in [2.24, 2.45) is 5.73 Å². The van der Waals surface area contributed by atoms with Gasteiger partial charge in [-0.15, -0.1) is 0 Å². The molecule has 1 amide bonds. The van der Waals surface area contributed by atoms with E-state index in [1.165, 1.54) is 12.1 Å². The summed E-state index contributed by atoms with van der Waals surface area (Å²) in [5.41, 5.74) is 6.20. The first-order valence-electron chi connectivity index (χ1n) is 6.61. The van der Waals surface area contributed by atoms with Crippen LogP contribution in [0.15, 0.2) is 23.1 Å². The molecule has 0 unspecified atom stereocenters. The Bertz CT molecular complexity index is 601. The number of sulfonamides is 1. The van der Waals surface area contributed by atoms with E-state index in [0.29, 0.717) is 13.1 Å². The van der Waals surface area contributed by atoms with Crippen LogP contribution in [-0.4, -0.2) is 38.9 Å². The van der Waals surface area contributed by atoms with Gasteiger partial charge in [-0.25, -0.2) is 13.1 Å². The van der Waals surface area contributed by atoms with Crippen molar-refractivity contribution in [2.75, 3.05) is 19.6 Å². The fraction of sp³-hybridized carbons (Fsp3) is 0.462. The molecule has 0 aliphatic carbocycles. The van der Waals surface area contributed by atoms with Crippen LogP contribution in [0.2, 0.25) is 5.02 Å². The maximum Gasteiger partial charge on any atom is 0.242 e. The molecule has 8 heteroatoms. The van der Waals surface area contributed by atoms with Gasteiger partial charge in [0.2, 0.25) is 15.9 Å². The third-order valence-corrected chi connectivity index (χ3v) is 4.94. The first-order valence-corrected chi connectivity index (χ1v) is 8.47. The Hall–Kier alpha value is -1.15. The standard InChI is InChI=1S/C13H20ClN3O3S/c1-3-17(4-2)13(18)9-16-21(19,20)12-6-5-10(8-15)7-11(12)14/h5-7,16H,3-4,8-9,15H2,1-2H3. The number of benzene rings is 1. The summed E-state index contributed by atoms with van der Waals surface area (Å²) in [6.07, 6.45) is 0. The number of carbonyl (C=O) groups excluding carboxylic acids is 1. The van der Waals surface area contributed by atoms with Crippen LogP contribution in [0.5, 0.6) is 0 Å². The van der Waals surface area contributed by atoms with Gasteiger partial charge in [0, 0.05) is 19.6 Å². The highest BCUT2D eigenvalue weighted by Crippen LogP contribution is 2.22. The summed E-state index contributed by atoms with van der Waals surface area (Å²) in [7, 11) is -3.83. The Morgan fingerprint density at radius 2 is 1.95 bits per heavy atom. The largest absolute Gasteiger partial charge is 0.342 e. The molecule has 0 heterocycles. The number of nitrogens with zero attached hydrogens (tertiary/aromatic N) is 1. The summed E-state index contributed by atoms with van der Waals surface area (Å²) in [5, 5.41) is 0.0840. The third-order valence-electron chi connectivity index (χ3n) is 3.05. The fourth-order valence-electron chi connectivity index (χ4n) is 1.81. The molecule has 1 aromatic carbocycles. The number of carbonyl (C=O) groups is 1. The minimum atomic E-state index is -3.83. The zero-order valence-corrected chi connectivity index (χ0v) is 13.7. The van der Waals surface area contributed by atoms with Gasteiger partial charge in [-0.2, -0.15) is 0 Å². The maximum atomic E-state index is 12.2. The fourth-order valence-corrected chi connectivity index (χ4v) is 3.35. The Kier molecular flexibility index (Phi) is 6.60. The molecule has 0 spiro atoms. The average Bonchev–Trinajstić information content (AvgIpc) is 2.46. The van der Waals surface area contributed by atoms with Crippen molar-refractivity contribution < 1.29 is 13.2 Å². The molecule has 6 nitrogen and oxygen atoms in total. The summed E-state index contributed by atoms with van der Waals surface area (Å²) in [4.78, 5) is 13.3. The highest BCUT2D eigenvalue weighted by Gasteiger charge is 2.20. The second kappa shape index (κ2) is 7.74. The van der Waals surface area contributed by atoms with Crippen LogP contribution >= 0.6 is 11.6 Å². The number of rotatable bonds is 7. The van der Waals surface area contributed by atoms with Crippen LogP contribution in [0.4, 0.5) is 0 Å². The maximum absolute atomic E-state index is 12.2. The lowest BCUT2D eigenvalue weighted by molar-refractivity contribution is -0.129. The Labute approximate surface area is 130 Å². The molecule has 0 aromatic heterocycles. The van der Waals surface area contributed by atoms with Crippen LogP contribution in [0.25, 0.3) is 0 Å². The highest BCUT2D eigenvalue weighted by atomic mass is 35.5. The normalized spacial score (nSPS) is 11.4. The van der Waals surface area contributed by atoms with Crippen LogP contribution in [-0.2, 0) is 21.4 Å². The summed E-state index contributed by atoms with van der Waals surface area (Å²) in [5.74, 6) is -0.279. The summed E-state index contributed by atoms with van der Waals surface area (Å²) < 4.78 is 26.6. The Morgan fingerprint density at radius 1 is 1.33 bits per heavy atom. The molecule has 0 saturated heterocycles. The molecule has 3 N–H and O–H groups in total. The first kappa shape index (κ1) is 17.9. The SMILES string of the molecule is CCN(CC)C(=O)CNS(=O)(=O)c1ccc(CN)cc1Cl. The Morgan fingerprint density at radius 3 is 2.43 bits per heavy atom. The quantitative estimate of drug-likeness (QED) is 0.777. The van der Waals surface area contributed by atoms with E-state index in [0.717, 1.165) is 5.56 Å². The number of halogens is 1. The zero-order chi connectivity index (χ0) is 16.0. The lowest BCUT2D eigenvalue weighted by Gasteiger charge is -2.18. The molecular formula is C13H20ClN3O3S. The second-order valence-corrected chi connectivity index (χ2v) is 6.50. The molecule has 0 aliphatic heterocycles. The lowest BCUT2D eigenvalue weighted by Crippen LogP contribution is -2.40. The molecule has 0 fully saturated rings. The molecule has 1 rings (SSSR count). The molecule has 0 aliphatic rings. The number of hydrogen-bond acceptors (Lipinski definition) is 4. The van der Waals surface area contributed by atoms with Crippen molar-refractivity contribution in [1.82, 2.24) is 9.62 Å². The van der Waals surface area contributed by atoms with Gasteiger partial charge in [0.1, 0.15) is 4.90 Å². The van der Waals surface area contributed by atoms with E-state index >= 15 is 0 Å². The van der Waals surface area contributed by atoms with Gasteiger partial charge in [0.05, 0.1) is 11.6 Å². The summed E-state index contributed by atoms with van der Waals surface area (Å²) >= 11 is 5.96. The number of likely N-dealkylation sites (N-methyl/N-ethyl adjacent to an activating group) is 1. The topological polar surface area (TPSA) is 92.5 Å². The molecule has 118 valence electrons. The van der Waals surface area contributed by atoms with Gasteiger partial charge in [-0.05, 0) is 31.5 Å². The molecule has 0 saturated carbocycles.